The zero-order valence-electron chi connectivity index (χ0n) is 8.47. The Morgan fingerprint density at radius 3 is 2.86 bits per heavy atom. The molecule has 0 aliphatic carbocycles. The lowest BCUT2D eigenvalue weighted by atomic mass is 10.2. The number of fused-ring (bicyclic) bond motifs is 1. The second kappa shape index (κ2) is 3.62. The first-order chi connectivity index (χ1) is 6.61. The number of aliphatic hydroxyl groups is 1. The van der Waals surface area contributed by atoms with Crippen molar-refractivity contribution < 1.29 is 19.3 Å². The Balaban J connectivity index is 1.90. The fourth-order valence-electron chi connectivity index (χ4n) is 1.87. The van der Waals surface area contributed by atoms with Gasteiger partial charge < -0.3 is 19.3 Å². The smallest absolute Gasteiger partial charge is 0.187 e. The highest BCUT2D eigenvalue weighted by Crippen LogP contribution is 2.37. The van der Waals surface area contributed by atoms with Crippen molar-refractivity contribution in [2.24, 2.45) is 0 Å². The quantitative estimate of drug-likeness (QED) is 0.670. The number of ether oxygens (including phenoxy) is 3. The first kappa shape index (κ1) is 10.1. The average Bonchev–Trinajstić information content (AvgIpc) is 2.53. The molecule has 4 heteroatoms. The van der Waals surface area contributed by atoms with E-state index in [9.17, 15) is 0 Å². The van der Waals surface area contributed by atoms with Gasteiger partial charge in [0.25, 0.3) is 0 Å². The lowest BCUT2D eigenvalue weighted by Gasteiger charge is -2.19. The molecular weight excluding hydrogens is 184 g/mol. The van der Waals surface area contributed by atoms with Crippen LogP contribution in [0.15, 0.2) is 12.2 Å². The highest BCUT2D eigenvalue weighted by atomic mass is 16.8. The van der Waals surface area contributed by atoms with E-state index in [0.717, 1.165) is 6.42 Å². The van der Waals surface area contributed by atoms with Crippen LogP contribution in [-0.4, -0.2) is 36.0 Å². The molecule has 2 heterocycles. The normalized spacial score (nSPS) is 40.6. The molecule has 0 unspecified atom stereocenters. The van der Waals surface area contributed by atoms with Gasteiger partial charge in [0, 0.05) is 6.42 Å². The summed E-state index contributed by atoms with van der Waals surface area (Å²) in [5, 5.41) is 8.61. The lowest BCUT2D eigenvalue weighted by Crippen LogP contribution is -2.24. The van der Waals surface area contributed by atoms with Crippen molar-refractivity contribution in [2.75, 3.05) is 6.61 Å². The van der Waals surface area contributed by atoms with E-state index >= 15 is 0 Å². The van der Waals surface area contributed by atoms with Gasteiger partial charge >= 0.3 is 0 Å². The van der Waals surface area contributed by atoms with Crippen LogP contribution < -0.4 is 0 Å². The second-order valence-electron chi connectivity index (χ2n) is 4.06. The Morgan fingerprint density at radius 1 is 1.43 bits per heavy atom. The lowest BCUT2D eigenvalue weighted by molar-refractivity contribution is -0.200. The molecule has 4 nitrogen and oxygen atoms in total. The van der Waals surface area contributed by atoms with Crippen molar-refractivity contribution >= 4 is 0 Å². The Morgan fingerprint density at radius 2 is 2.21 bits per heavy atom. The molecule has 80 valence electrons. The van der Waals surface area contributed by atoms with Gasteiger partial charge in [-0.1, -0.05) is 12.2 Å². The average molecular weight is 200 g/mol. The van der Waals surface area contributed by atoms with E-state index in [2.05, 4.69) is 0 Å². The molecule has 2 saturated heterocycles. The first-order valence-electron chi connectivity index (χ1n) is 4.89. The maximum absolute atomic E-state index is 8.61. The molecular formula is C10H16O4. The predicted molar refractivity (Wildman–Crippen MR) is 49.5 cm³/mol. The molecule has 0 aromatic carbocycles. The molecule has 0 aromatic heterocycles. The summed E-state index contributed by atoms with van der Waals surface area (Å²) < 4.78 is 16.8. The van der Waals surface area contributed by atoms with Crippen molar-refractivity contribution in [3.05, 3.63) is 12.2 Å². The topological polar surface area (TPSA) is 47.9 Å². The van der Waals surface area contributed by atoms with Gasteiger partial charge in [-0.15, -0.1) is 0 Å². The second-order valence-corrected chi connectivity index (χ2v) is 4.06. The van der Waals surface area contributed by atoms with Gasteiger partial charge in [0.15, 0.2) is 12.1 Å². The summed E-state index contributed by atoms with van der Waals surface area (Å²) >= 11 is 0. The van der Waals surface area contributed by atoms with Gasteiger partial charge in [0.05, 0.1) is 12.7 Å². The Bertz CT molecular complexity index is 220. The van der Waals surface area contributed by atoms with Gasteiger partial charge in [-0.3, -0.25) is 0 Å². The van der Waals surface area contributed by atoms with E-state index < -0.39 is 5.79 Å². The minimum Gasteiger partial charge on any atom is -0.392 e. The van der Waals surface area contributed by atoms with E-state index in [4.69, 9.17) is 19.3 Å². The van der Waals surface area contributed by atoms with E-state index in [1.54, 1.807) is 6.08 Å². The maximum Gasteiger partial charge on any atom is 0.187 e. The molecule has 2 aliphatic rings. The van der Waals surface area contributed by atoms with Crippen LogP contribution in [0.4, 0.5) is 0 Å². The van der Waals surface area contributed by atoms with Gasteiger partial charge in [-0.2, -0.15) is 0 Å². The highest BCUT2D eigenvalue weighted by molar-refractivity contribution is 4.97. The Labute approximate surface area is 83.5 Å². The number of hydrogen-bond acceptors (Lipinski definition) is 4. The van der Waals surface area contributed by atoms with Crippen molar-refractivity contribution in [2.45, 2.75) is 44.6 Å². The molecule has 2 fully saturated rings. The van der Waals surface area contributed by atoms with E-state index in [1.807, 2.05) is 19.9 Å². The third kappa shape index (κ3) is 1.98. The third-order valence-corrected chi connectivity index (χ3v) is 2.37. The predicted octanol–water partition coefficient (Wildman–Crippen LogP) is 0.801. The summed E-state index contributed by atoms with van der Waals surface area (Å²) in [6, 6.07) is 0. The van der Waals surface area contributed by atoms with E-state index in [0.29, 0.717) is 0 Å². The molecule has 0 radical (unpaired) electrons. The number of rotatable bonds is 2. The monoisotopic (exact) mass is 200 g/mol. The van der Waals surface area contributed by atoms with Crippen LogP contribution in [0.3, 0.4) is 0 Å². The van der Waals surface area contributed by atoms with Crippen LogP contribution in [0, 0.1) is 0 Å². The van der Waals surface area contributed by atoms with Crippen molar-refractivity contribution in [1.29, 1.82) is 0 Å². The van der Waals surface area contributed by atoms with Gasteiger partial charge in [0.1, 0.15) is 6.10 Å². The van der Waals surface area contributed by atoms with Gasteiger partial charge in [-0.25, -0.2) is 0 Å². The SMILES string of the molecule is CC1(C)O[C@H]2O[C@H](/C=C/CO)C[C@H]2O1. The minimum absolute atomic E-state index is 0.00764. The van der Waals surface area contributed by atoms with E-state index in [1.165, 1.54) is 0 Å². The minimum atomic E-state index is -0.527. The standard InChI is InChI=1S/C10H16O4/c1-10(2)13-8-6-7(4-3-5-11)12-9(8)14-10/h3-4,7-9,11H,5-6H2,1-2H3/b4-3+/t7-,8-,9-/m1/s1. The zero-order valence-corrected chi connectivity index (χ0v) is 8.47. The van der Waals surface area contributed by atoms with Gasteiger partial charge in [0.2, 0.25) is 0 Å². The largest absolute Gasteiger partial charge is 0.392 e. The molecule has 14 heavy (non-hydrogen) atoms. The molecule has 2 rings (SSSR count). The Hall–Kier alpha value is -0.420. The summed E-state index contributed by atoms with van der Waals surface area (Å²) in [6.07, 6.45) is 4.10. The summed E-state index contributed by atoms with van der Waals surface area (Å²) in [5.74, 6) is -0.527. The van der Waals surface area contributed by atoms with Crippen molar-refractivity contribution in [3.8, 4) is 0 Å². The fourth-order valence-corrected chi connectivity index (χ4v) is 1.87. The summed E-state index contributed by atoms with van der Waals surface area (Å²) in [4.78, 5) is 0. The molecule has 0 amide bonds. The fraction of sp³-hybridized carbons (Fsp3) is 0.800. The van der Waals surface area contributed by atoms with E-state index in [-0.39, 0.29) is 25.1 Å². The van der Waals surface area contributed by atoms with Crippen LogP contribution in [0.5, 0.6) is 0 Å². The van der Waals surface area contributed by atoms with Crippen LogP contribution in [-0.2, 0) is 14.2 Å². The molecule has 1 N–H and O–H groups in total. The van der Waals surface area contributed by atoms with Crippen molar-refractivity contribution in [1.82, 2.24) is 0 Å². The zero-order chi connectivity index (χ0) is 10.2. The molecule has 0 bridgehead atoms. The first-order valence-corrected chi connectivity index (χ1v) is 4.89. The summed E-state index contributed by atoms with van der Waals surface area (Å²) in [7, 11) is 0. The highest BCUT2D eigenvalue weighted by Gasteiger charge is 2.47. The van der Waals surface area contributed by atoms with Crippen LogP contribution >= 0.6 is 0 Å². The number of aliphatic hydroxyl groups excluding tert-OH is 1. The Kier molecular flexibility index (Phi) is 2.62. The van der Waals surface area contributed by atoms with Crippen LogP contribution in [0.25, 0.3) is 0 Å². The molecule has 3 atom stereocenters. The number of hydrogen-bond donors (Lipinski definition) is 1. The van der Waals surface area contributed by atoms with Crippen LogP contribution in [0.2, 0.25) is 0 Å². The molecule has 0 spiro atoms. The summed E-state index contributed by atoms with van der Waals surface area (Å²) in [5.41, 5.74) is 0. The van der Waals surface area contributed by atoms with Crippen LogP contribution in [0.1, 0.15) is 20.3 Å². The summed E-state index contributed by atoms with van der Waals surface area (Å²) in [6.45, 7) is 3.81. The third-order valence-electron chi connectivity index (χ3n) is 2.37. The molecule has 2 aliphatic heterocycles. The van der Waals surface area contributed by atoms with Crippen molar-refractivity contribution in [3.63, 3.8) is 0 Å². The van der Waals surface area contributed by atoms with Gasteiger partial charge in [-0.05, 0) is 13.8 Å². The molecule has 0 aromatic rings. The maximum atomic E-state index is 8.61. The molecule has 0 saturated carbocycles.